The summed E-state index contributed by atoms with van der Waals surface area (Å²) in [6.07, 6.45) is 0. The molecule has 0 aliphatic carbocycles. The van der Waals surface area contributed by atoms with Gasteiger partial charge in [-0.25, -0.2) is 15.0 Å². The largest absolute Gasteiger partial charge is 0.456 e. The van der Waals surface area contributed by atoms with Crippen LogP contribution in [0.15, 0.2) is 268 Å². The van der Waals surface area contributed by atoms with Gasteiger partial charge < -0.3 is 27.0 Å². The predicted molar refractivity (Wildman–Crippen MR) is 341 cm³/mol. The highest BCUT2D eigenvalue weighted by Crippen LogP contribution is 2.43. The molecule has 7 aromatic heterocycles. The fourth-order valence-corrected chi connectivity index (χ4v) is 13.5. The molecule has 9 heteroatoms. The van der Waals surface area contributed by atoms with E-state index in [0.717, 1.165) is 143 Å². The van der Waals surface area contributed by atoms with Gasteiger partial charge in [-0.3, -0.25) is 0 Å². The van der Waals surface area contributed by atoms with Gasteiger partial charge in [0.1, 0.15) is 33.5 Å². The Hall–Kier alpha value is -11.6. The van der Waals surface area contributed by atoms with Crippen molar-refractivity contribution in [1.82, 2.24) is 28.7 Å². The molecule has 0 amide bonds. The lowest BCUT2D eigenvalue weighted by Gasteiger charge is -2.13. The van der Waals surface area contributed by atoms with Crippen molar-refractivity contribution in [1.29, 1.82) is 0 Å². The highest BCUT2D eigenvalue weighted by molar-refractivity contribution is 6.20. The number of fused-ring (bicyclic) bond motifs is 18. The Morgan fingerprint density at radius 2 is 0.536 bits per heavy atom. The van der Waals surface area contributed by atoms with Crippen LogP contribution in [0.5, 0.6) is 0 Å². The molecule has 0 aliphatic heterocycles. The SMILES string of the molecule is c1cc(-c2nc(-c3ccc(-n4c5ccccc5c5cc6c(cc54)oc4ccccc46)cc3)nc(-c3ccc(-n4c5ccccc5c5cc6c(cc54)oc4ccccc46)cc3)n2)cc(-n2c3ccccc3c3cc4c(cc32)oc2ccccc24)c1. The summed E-state index contributed by atoms with van der Waals surface area (Å²) in [5.41, 5.74) is 17.2. The molecular weight excluding hydrogens is 1030 g/mol. The van der Waals surface area contributed by atoms with Crippen LogP contribution in [0.1, 0.15) is 0 Å². The van der Waals surface area contributed by atoms with E-state index < -0.39 is 0 Å². The quantitative estimate of drug-likeness (QED) is 0.165. The van der Waals surface area contributed by atoms with E-state index in [4.69, 9.17) is 28.2 Å². The third-order valence-corrected chi connectivity index (χ3v) is 17.3. The molecule has 0 radical (unpaired) electrons. The third kappa shape index (κ3) is 6.51. The number of para-hydroxylation sites is 6. The molecule has 7 heterocycles. The van der Waals surface area contributed by atoms with Crippen molar-refractivity contribution in [3.05, 3.63) is 255 Å². The highest BCUT2D eigenvalue weighted by atomic mass is 16.3. The van der Waals surface area contributed by atoms with Crippen molar-refractivity contribution in [2.45, 2.75) is 0 Å². The summed E-state index contributed by atoms with van der Waals surface area (Å²) in [7, 11) is 0. The Labute approximate surface area is 476 Å². The average Bonchev–Trinajstić information content (AvgIpc) is 3.99. The molecule has 390 valence electrons. The monoisotopic (exact) mass is 1070 g/mol. The number of aromatic nitrogens is 6. The molecule has 0 spiro atoms. The van der Waals surface area contributed by atoms with Crippen molar-refractivity contribution < 1.29 is 13.3 Å². The van der Waals surface area contributed by atoms with Gasteiger partial charge >= 0.3 is 0 Å². The first-order chi connectivity index (χ1) is 41.6. The Morgan fingerprint density at radius 1 is 0.202 bits per heavy atom. The van der Waals surface area contributed by atoms with E-state index in [1.807, 2.05) is 36.4 Å². The van der Waals surface area contributed by atoms with Crippen LogP contribution in [-0.4, -0.2) is 28.7 Å². The molecular formula is C75H42N6O3. The molecule has 0 bridgehead atoms. The summed E-state index contributed by atoms with van der Waals surface area (Å²) < 4.78 is 26.3. The van der Waals surface area contributed by atoms with Gasteiger partial charge in [-0.2, -0.15) is 0 Å². The number of hydrogen-bond donors (Lipinski definition) is 0. The van der Waals surface area contributed by atoms with E-state index in [9.17, 15) is 0 Å². The Balaban J connectivity index is 0.770. The van der Waals surface area contributed by atoms with E-state index in [2.05, 4.69) is 232 Å². The second-order valence-electron chi connectivity index (χ2n) is 21.9. The van der Waals surface area contributed by atoms with Crippen molar-refractivity contribution in [2.75, 3.05) is 0 Å². The van der Waals surface area contributed by atoms with Gasteiger partial charge in [0.2, 0.25) is 0 Å². The van der Waals surface area contributed by atoms with Crippen molar-refractivity contribution >= 4 is 131 Å². The van der Waals surface area contributed by atoms with Gasteiger partial charge in [-0.05, 0) is 115 Å². The van der Waals surface area contributed by atoms with E-state index >= 15 is 0 Å². The first kappa shape index (κ1) is 45.2. The van der Waals surface area contributed by atoms with Crippen LogP contribution in [0.2, 0.25) is 0 Å². The van der Waals surface area contributed by atoms with Crippen molar-refractivity contribution in [3.8, 4) is 51.2 Å². The fourth-order valence-electron chi connectivity index (χ4n) is 13.5. The van der Waals surface area contributed by atoms with E-state index in [0.29, 0.717) is 17.5 Å². The van der Waals surface area contributed by atoms with Gasteiger partial charge in [0.15, 0.2) is 17.5 Å². The van der Waals surface area contributed by atoms with Gasteiger partial charge in [-0.1, -0.05) is 121 Å². The number of hydrogen-bond acceptors (Lipinski definition) is 6. The van der Waals surface area contributed by atoms with Crippen LogP contribution in [0.3, 0.4) is 0 Å². The van der Waals surface area contributed by atoms with Crippen LogP contribution >= 0.6 is 0 Å². The summed E-state index contributed by atoms with van der Waals surface area (Å²) in [4.78, 5) is 16.0. The van der Waals surface area contributed by atoms with E-state index in [-0.39, 0.29) is 0 Å². The molecule has 12 aromatic carbocycles. The van der Waals surface area contributed by atoms with Gasteiger partial charge in [0.05, 0.1) is 33.1 Å². The summed E-state index contributed by atoms with van der Waals surface area (Å²) in [6, 6.07) is 89.6. The van der Waals surface area contributed by atoms with Crippen LogP contribution < -0.4 is 0 Å². The maximum atomic E-state index is 6.48. The molecule has 19 rings (SSSR count). The van der Waals surface area contributed by atoms with Crippen LogP contribution in [0.25, 0.3) is 182 Å². The number of furan rings is 3. The second-order valence-corrected chi connectivity index (χ2v) is 21.9. The van der Waals surface area contributed by atoms with Crippen LogP contribution in [-0.2, 0) is 0 Å². The lowest BCUT2D eigenvalue weighted by molar-refractivity contribution is 0.669. The summed E-state index contributed by atoms with van der Waals surface area (Å²) >= 11 is 0. The minimum absolute atomic E-state index is 0.556. The van der Waals surface area contributed by atoms with Crippen LogP contribution in [0, 0.1) is 0 Å². The molecule has 0 unspecified atom stereocenters. The molecule has 84 heavy (non-hydrogen) atoms. The molecule has 0 N–H and O–H groups in total. The first-order valence-electron chi connectivity index (χ1n) is 28.2. The van der Waals surface area contributed by atoms with Crippen molar-refractivity contribution in [2.24, 2.45) is 0 Å². The lowest BCUT2D eigenvalue weighted by atomic mass is 10.1. The minimum Gasteiger partial charge on any atom is -0.456 e. The second kappa shape index (κ2) is 17.0. The van der Waals surface area contributed by atoms with E-state index in [1.54, 1.807) is 0 Å². The number of nitrogens with zero attached hydrogens (tertiary/aromatic N) is 6. The Bertz CT molecular complexity index is 5740. The Kier molecular flexibility index (Phi) is 9.15. The molecule has 0 saturated carbocycles. The lowest BCUT2D eigenvalue weighted by Crippen LogP contribution is -2.02. The van der Waals surface area contributed by atoms with Crippen molar-refractivity contribution in [3.63, 3.8) is 0 Å². The summed E-state index contributed by atoms with van der Waals surface area (Å²) in [5.74, 6) is 1.67. The van der Waals surface area contributed by atoms with Gasteiger partial charge in [0.25, 0.3) is 0 Å². The normalized spacial score (nSPS) is 12.3. The zero-order valence-electron chi connectivity index (χ0n) is 44.7. The molecule has 9 nitrogen and oxygen atoms in total. The topological polar surface area (TPSA) is 92.9 Å². The average molecular weight is 1080 g/mol. The fraction of sp³-hybridized carbons (Fsp3) is 0. The third-order valence-electron chi connectivity index (χ3n) is 17.3. The first-order valence-corrected chi connectivity index (χ1v) is 28.2. The smallest absolute Gasteiger partial charge is 0.164 e. The maximum absolute atomic E-state index is 6.48. The number of rotatable bonds is 6. The minimum atomic E-state index is 0.556. The zero-order chi connectivity index (χ0) is 54.7. The molecule has 0 saturated heterocycles. The summed E-state index contributed by atoms with van der Waals surface area (Å²) in [6.45, 7) is 0. The van der Waals surface area contributed by atoms with Crippen LogP contribution in [0.4, 0.5) is 0 Å². The predicted octanol–water partition coefficient (Wildman–Crippen LogP) is 19.9. The molecule has 0 aliphatic rings. The van der Waals surface area contributed by atoms with E-state index in [1.165, 1.54) is 21.5 Å². The molecule has 0 atom stereocenters. The van der Waals surface area contributed by atoms with Gasteiger partial charge in [-0.15, -0.1) is 0 Å². The standard InChI is InChI=1S/C75H42N6O3/c1-7-22-61-49(16-1)55-37-58-52-19-4-10-25-67(52)82-70(58)40-64(55)79(61)46-32-28-43(29-33-46)73-76-74(44-30-34-47(35-31-44)80-62-23-8-2-17-50(62)56-38-59-53-20-5-11-26-68(53)83-71(59)41-65(56)80)78-75(77-73)45-14-13-15-48(36-45)81-63-24-9-3-18-51(63)57-39-60-54-21-6-12-27-69(54)84-72(60)42-66(57)81/h1-42H. The highest BCUT2D eigenvalue weighted by Gasteiger charge is 2.22. The zero-order valence-corrected chi connectivity index (χ0v) is 44.7. The number of benzene rings is 12. The van der Waals surface area contributed by atoms with Gasteiger partial charge in [0, 0.05) is 117 Å². The Morgan fingerprint density at radius 3 is 0.929 bits per heavy atom. The molecule has 19 aromatic rings. The summed E-state index contributed by atoms with van der Waals surface area (Å²) in [5, 5.41) is 13.6. The maximum Gasteiger partial charge on any atom is 0.164 e. The molecule has 0 fully saturated rings.